The zero-order valence-corrected chi connectivity index (χ0v) is 34.5. The molecule has 0 aliphatic heterocycles. The van der Waals surface area contributed by atoms with E-state index in [2.05, 4.69) is 60.2 Å². The Kier molecular flexibility index (Phi) is 25.9. The molecule has 1 unspecified atom stereocenters. The molecule has 0 fully saturated rings. The van der Waals surface area contributed by atoms with Crippen LogP contribution in [0.4, 0.5) is 16.4 Å². The van der Waals surface area contributed by atoms with Gasteiger partial charge in [-0.3, -0.25) is 4.79 Å². The van der Waals surface area contributed by atoms with E-state index in [0.717, 1.165) is 42.9 Å². The van der Waals surface area contributed by atoms with Gasteiger partial charge in [0, 0.05) is 25.2 Å². The lowest BCUT2D eigenvalue weighted by atomic mass is 9.99. The van der Waals surface area contributed by atoms with Crippen molar-refractivity contribution < 1.29 is 28.5 Å². The standard InChI is InChI=1S/C42H65N5O6S/c1-6-8-10-12-13-14-16-34(3)30-41(48)53-29-28-52-27-26-51-25-24-50-23-22-49-21-20-47(19-15-11-9-7-2)37-17-18-39(35(4)31-37)45-46-42-38(32-43)36(5)40(33-44)54-42/h17-18,31,34H,6-16,19-30H2,1-5H3/b46-45+. The fourth-order valence-corrected chi connectivity index (χ4v) is 6.70. The van der Waals surface area contributed by atoms with Crippen LogP contribution in [0.15, 0.2) is 28.4 Å². The summed E-state index contributed by atoms with van der Waals surface area (Å²) in [5.41, 5.74) is 3.85. The van der Waals surface area contributed by atoms with Crippen LogP contribution in [0.1, 0.15) is 119 Å². The first-order valence-electron chi connectivity index (χ1n) is 20.0. The van der Waals surface area contributed by atoms with Crippen molar-refractivity contribution in [1.29, 1.82) is 10.5 Å². The highest BCUT2D eigenvalue weighted by Crippen LogP contribution is 2.36. The molecule has 300 valence electrons. The Morgan fingerprint density at radius 3 is 1.96 bits per heavy atom. The number of carbonyl (C=O) groups excluding carboxylic acids is 1. The SMILES string of the molecule is CCCCCCCCC(C)CC(=O)OCCOCCOCCOCCOCCN(CCCCCC)c1ccc(/N=N/c2sc(C#N)c(C)c2C#N)c(C)c1. The summed E-state index contributed by atoms with van der Waals surface area (Å²) in [5, 5.41) is 28.0. The van der Waals surface area contributed by atoms with Crippen LogP contribution in [0.3, 0.4) is 0 Å². The van der Waals surface area contributed by atoms with E-state index in [9.17, 15) is 15.3 Å². The predicted molar refractivity (Wildman–Crippen MR) is 216 cm³/mol. The largest absolute Gasteiger partial charge is 0.463 e. The zero-order valence-electron chi connectivity index (χ0n) is 33.7. The van der Waals surface area contributed by atoms with E-state index < -0.39 is 0 Å². The van der Waals surface area contributed by atoms with Gasteiger partial charge in [0.15, 0.2) is 5.00 Å². The molecule has 54 heavy (non-hydrogen) atoms. The second-order valence-electron chi connectivity index (χ2n) is 13.7. The summed E-state index contributed by atoms with van der Waals surface area (Å²) in [6, 6.07) is 10.4. The molecule has 0 saturated carbocycles. The molecule has 0 spiro atoms. The number of anilines is 1. The maximum Gasteiger partial charge on any atom is 0.306 e. The average Bonchev–Trinajstić information content (AvgIpc) is 3.48. The number of aryl methyl sites for hydroxylation is 1. The summed E-state index contributed by atoms with van der Waals surface area (Å²) >= 11 is 1.19. The smallest absolute Gasteiger partial charge is 0.306 e. The van der Waals surface area contributed by atoms with E-state index in [-0.39, 0.29) is 12.6 Å². The highest BCUT2D eigenvalue weighted by molar-refractivity contribution is 7.16. The number of hydrogen-bond acceptors (Lipinski definition) is 12. The molecule has 0 radical (unpaired) electrons. The van der Waals surface area contributed by atoms with Crippen LogP contribution in [-0.4, -0.2) is 78.5 Å². The van der Waals surface area contributed by atoms with Crippen molar-refractivity contribution in [2.24, 2.45) is 16.1 Å². The summed E-state index contributed by atoms with van der Waals surface area (Å²) in [5.74, 6) is 0.215. The van der Waals surface area contributed by atoms with Gasteiger partial charge in [0.2, 0.25) is 0 Å². The molecule has 2 rings (SSSR count). The number of unbranched alkanes of at least 4 members (excludes halogenated alkanes) is 8. The van der Waals surface area contributed by atoms with Crippen molar-refractivity contribution in [1.82, 2.24) is 0 Å². The van der Waals surface area contributed by atoms with Crippen molar-refractivity contribution in [2.45, 2.75) is 112 Å². The van der Waals surface area contributed by atoms with Crippen molar-refractivity contribution in [3.8, 4) is 12.1 Å². The lowest BCUT2D eigenvalue weighted by Crippen LogP contribution is -2.29. The number of hydrogen-bond donors (Lipinski definition) is 0. The van der Waals surface area contributed by atoms with E-state index in [0.29, 0.717) is 86.2 Å². The van der Waals surface area contributed by atoms with E-state index in [1.54, 1.807) is 6.92 Å². The minimum absolute atomic E-state index is 0.144. The fourth-order valence-electron chi connectivity index (χ4n) is 5.82. The molecule has 0 N–H and O–H groups in total. The van der Waals surface area contributed by atoms with Crippen molar-refractivity contribution in [3.05, 3.63) is 39.8 Å². The topological polar surface area (TPSA) is 139 Å². The van der Waals surface area contributed by atoms with Gasteiger partial charge in [0.25, 0.3) is 0 Å². The Morgan fingerprint density at radius 2 is 1.35 bits per heavy atom. The van der Waals surface area contributed by atoms with Gasteiger partial charge in [-0.25, -0.2) is 0 Å². The Morgan fingerprint density at radius 1 is 0.759 bits per heavy atom. The Hall–Kier alpha value is -3.39. The van der Waals surface area contributed by atoms with E-state index in [4.69, 9.17) is 23.7 Å². The van der Waals surface area contributed by atoms with Crippen LogP contribution >= 0.6 is 11.3 Å². The molecule has 11 nitrogen and oxygen atoms in total. The van der Waals surface area contributed by atoms with Crippen molar-refractivity contribution >= 4 is 33.7 Å². The van der Waals surface area contributed by atoms with Gasteiger partial charge in [-0.15, -0.1) is 21.6 Å². The summed E-state index contributed by atoms with van der Waals surface area (Å²) in [6.07, 6.45) is 13.9. The highest BCUT2D eigenvalue weighted by atomic mass is 32.1. The number of ether oxygens (including phenoxy) is 5. The van der Waals surface area contributed by atoms with Crippen molar-refractivity contribution in [3.63, 3.8) is 0 Å². The predicted octanol–water partition coefficient (Wildman–Crippen LogP) is 10.3. The summed E-state index contributed by atoms with van der Waals surface area (Å²) in [4.78, 5) is 14.9. The minimum Gasteiger partial charge on any atom is -0.463 e. The van der Waals surface area contributed by atoms with Gasteiger partial charge in [0.1, 0.15) is 23.6 Å². The Labute approximate surface area is 329 Å². The number of nitriles is 2. The van der Waals surface area contributed by atoms with Crippen LogP contribution in [-0.2, 0) is 28.5 Å². The van der Waals surface area contributed by atoms with Crippen LogP contribution in [0.5, 0.6) is 0 Å². The number of carbonyl (C=O) groups is 1. The maximum atomic E-state index is 12.1. The highest BCUT2D eigenvalue weighted by Gasteiger charge is 2.15. The molecule has 1 aromatic heterocycles. The normalized spacial score (nSPS) is 11.8. The number of thiophene rings is 1. The first-order chi connectivity index (χ1) is 26.3. The van der Waals surface area contributed by atoms with Gasteiger partial charge < -0.3 is 28.6 Å². The first kappa shape index (κ1) is 46.8. The van der Waals surface area contributed by atoms with Gasteiger partial charge in [0.05, 0.1) is 64.1 Å². The molecule has 0 amide bonds. The average molecular weight is 768 g/mol. The molecule has 0 bridgehead atoms. The molecule has 1 heterocycles. The molecule has 1 aromatic carbocycles. The van der Waals surface area contributed by atoms with Crippen LogP contribution in [0, 0.1) is 42.4 Å². The first-order valence-corrected chi connectivity index (χ1v) is 20.8. The molecule has 1 atom stereocenters. The molecule has 0 saturated heterocycles. The van der Waals surface area contributed by atoms with Gasteiger partial charge in [-0.05, 0) is 55.5 Å². The second-order valence-corrected chi connectivity index (χ2v) is 14.7. The molecule has 12 heteroatoms. The Balaban J connectivity index is 1.58. The quantitative estimate of drug-likeness (QED) is 0.0404. The monoisotopic (exact) mass is 767 g/mol. The Bertz CT molecular complexity index is 1440. The molecular formula is C42H65N5O6S. The third-order valence-electron chi connectivity index (χ3n) is 9.10. The maximum absolute atomic E-state index is 12.1. The van der Waals surface area contributed by atoms with Crippen LogP contribution < -0.4 is 4.90 Å². The summed E-state index contributed by atoms with van der Waals surface area (Å²) in [6.45, 7) is 16.1. The number of azo groups is 1. The van der Waals surface area contributed by atoms with E-state index >= 15 is 0 Å². The zero-order chi connectivity index (χ0) is 39.2. The van der Waals surface area contributed by atoms with E-state index in [1.165, 1.54) is 69.1 Å². The van der Waals surface area contributed by atoms with Gasteiger partial charge in [-0.1, -0.05) is 85.0 Å². The lowest BCUT2D eigenvalue weighted by molar-refractivity contribution is -0.146. The van der Waals surface area contributed by atoms with Crippen LogP contribution in [0.25, 0.3) is 0 Å². The van der Waals surface area contributed by atoms with Gasteiger partial charge in [-0.2, -0.15) is 10.5 Å². The molecule has 0 aliphatic rings. The molecular weight excluding hydrogens is 703 g/mol. The van der Waals surface area contributed by atoms with Crippen LogP contribution in [0.2, 0.25) is 0 Å². The number of nitrogens with zero attached hydrogens (tertiary/aromatic N) is 5. The number of esters is 1. The fraction of sp³-hybridized carbons (Fsp3) is 0.690. The molecule has 0 aliphatic carbocycles. The third-order valence-corrected chi connectivity index (χ3v) is 10.2. The lowest BCUT2D eigenvalue weighted by Gasteiger charge is -2.25. The van der Waals surface area contributed by atoms with Crippen molar-refractivity contribution in [2.75, 3.05) is 77.5 Å². The summed E-state index contributed by atoms with van der Waals surface area (Å²) < 4.78 is 28.0. The van der Waals surface area contributed by atoms with Gasteiger partial charge >= 0.3 is 5.97 Å². The molecule has 2 aromatic rings. The van der Waals surface area contributed by atoms with E-state index in [1.807, 2.05) is 13.0 Å². The number of rotatable bonds is 32. The third kappa shape index (κ3) is 19.8. The number of benzene rings is 1. The summed E-state index contributed by atoms with van der Waals surface area (Å²) in [7, 11) is 0. The second kappa shape index (κ2) is 29.9. The minimum atomic E-state index is -0.144.